The molecule has 1 N–H and O–H groups in total. The van der Waals surface area contributed by atoms with Gasteiger partial charge in [-0.15, -0.1) is 21.5 Å². The number of thioether (sulfide) groups is 1. The fourth-order valence-corrected chi connectivity index (χ4v) is 5.01. The summed E-state index contributed by atoms with van der Waals surface area (Å²) in [6, 6.07) is 8.16. The topological polar surface area (TPSA) is 72.2 Å². The lowest BCUT2D eigenvalue weighted by Crippen LogP contribution is -2.41. The minimum atomic E-state index is -0.140. The number of hydrogen-bond acceptors (Lipinski definition) is 6. The van der Waals surface area contributed by atoms with Crippen molar-refractivity contribution < 1.29 is 4.79 Å². The highest BCUT2D eigenvalue weighted by Crippen LogP contribution is 2.27. The lowest BCUT2D eigenvalue weighted by Gasteiger charge is -2.25. The molecule has 1 amide bonds. The zero-order chi connectivity index (χ0) is 18.6. The van der Waals surface area contributed by atoms with E-state index in [1.807, 2.05) is 36.6 Å². The average Bonchev–Trinajstić information content (AvgIpc) is 3.36. The fraction of sp³-hybridized carbons (Fsp3) is 0.474. The Morgan fingerprint density at radius 3 is 2.89 bits per heavy atom. The van der Waals surface area contributed by atoms with Gasteiger partial charge in [-0.3, -0.25) is 4.79 Å². The molecule has 0 aromatic carbocycles. The van der Waals surface area contributed by atoms with Gasteiger partial charge >= 0.3 is 0 Å². The van der Waals surface area contributed by atoms with Gasteiger partial charge in [-0.1, -0.05) is 44.0 Å². The second-order valence-corrected chi connectivity index (χ2v) is 8.97. The van der Waals surface area contributed by atoms with Crippen molar-refractivity contribution in [1.82, 2.24) is 25.1 Å². The largest absolute Gasteiger partial charge is 0.352 e. The van der Waals surface area contributed by atoms with Crippen LogP contribution in [0.15, 0.2) is 34.7 Å². The van der Waals surface area contributed by atoms with Crippen molar-refractivity contribution in [3.8, 4) is 10.7 Å². The molecule has 0 radical (unpaired) electrons. The quantitative estimate of drug-likeness (QED) is 0.628. The average molecular weight is 402 g/mol. The van der Waals surface area contributed by atoms with Crippen LogP contribution in [0.4, 0.5) is 0 Å². The summed E-state index contributed by atoms with van der Waals surface area (Å²) in [5, 5.41) is 19.1. The van der Waals surface area contributed by atoms with Crippen molar-refractivity contribution in [3.05, 3.63) is 29.6 Å². The van der Waals surface area contributed by atoms with Crippen LogP contribution >= 0.6 is 23.1 Å². The molecule has 3 heterocycles. The van der Waals surface area contributed by atoms with Crippen molar-refractivity contribution in [2.75, 3.05) is 0 Å². The van der Waals surface area contributed by atoms with Crippen LogP contribution in [-0.2, 0) is 4.79 Å². The molecule has 27 heavy (non-hydrogen) atoms. The minimum Gasteiger partial charge on any atom is -0.352 e. The first-order valence-corrected chi connectivity index (χ1v) is 11.2. The number of thiophene rings is 1. The zero-order valence-corrected chi connectivity index (χ0v) is 16.9. The second-order valence-electron chi connectivity index (χ2n) is 6.80. The molecule has 1 saturated carbocycles. The molecule has 0 spiro atoms. The Balaban J connectivity index is 1.50. The molecule has 0 saturated heterocycles. The molecule has 3 aromatic heterocycles. The van der Waals surface area contributed by atoms with Crippen molar-refractivity contribution in [2.45, 2.75) is 61.8 Å². The van der Waals surface area contributed by atoms with Crippen molar-refractivity contribution in [3.63, 3.8) is 0 Å². The summed E-state index contributed by atoms with van der Waals surface area (Å²) in [6.07, 6.45) is 6.68. The third kappa shape index (κ3) is 4.16. The minimum absolute atomic E-state index is 0.124. The fourth-order valence-electron chi connectivity index (χ4n) is 3.40. The first kappa shape index (κ1) is 18.4. The number of fused-ring (bicyclic) bond motifs is 1. The van der Waals surface area contributed by atoms with Gasteiger partial charge in [0, 0.05) is 6.04 Å². The third-order valence-corrected chi connectivity index (χ3v) is 7.01. The molecule has 1 aliphatic rings. The lowest BCUT2D eigenvalue weighted by molar-refractivity contribution is -0.121. The van der Waals surface area contributed by atoms with Crippen LogP contribution in [-0.4, -0.2) is 37.0 Å². The summed E-state index contributed by atoms with van der Waals surface area (Å²) in [7, 11) is 0. The number of nitrogens with one attached hydrogen (secondary N) is 1. The van der Waals surface area contributed by atoms with E-state index in [1.165, 1.54) is 31.0 Å². The van der Waals surface area contributed by atoms with Gasteiger partial charge < -0.3 is 5.32 Å². The maximum atomic E-state index is 12.7. The first-order valence-electron chi connectivity index (χ1n) is 9.48. The van der Waals surface area contributed by atoms with Gasteiger partial charge in [0.1, 0.15) is 5.03 Å². The highest BCUT2D eigenvalue weighted by molar-refractivity contribution is 8.00. The molecule has 0 aliphatic heterocycles. The standard InChI is InChI=1S/C19H23N5OS2/c1-2-14(19(25)20-13-7-4-3-5-8-13)27-17-11-10-16-21-22-18(24(16)23-17)15-9-6-12-26-15/h6,9-14H,2-5,7-8H2,1H3,(H,20,25)/t14-/m1/s1. The molecule has 0 bridgehead atoms. The highest BCUT2D eigenvalue weighted by Gasteiger charge is 2.23. The molecule has 8 heteroatoms. The Labute approximate surface area is 166 Å². The van der Waals surface area contributed by atoms with Gasteiger partial charge in [-0.25, -0.2) is 0 Å². The summed E-state index contributed by atoms with van der Waals surface area (Å²) in [4.78, 5) is 13.8. The summed E-state index contributed by atoms with van der Waals surface area (Å²) in [6.45, 7) is 2.05. The van der Waals surface area contributed by atoms with Crippen LogP contribution in [0, 0.1) is 0 Å². The molecule has 142 valence electrons. The summed E-state index contributed by atoms with van der Waals surface area (Å²) in [5.74, 6) is 0.862. The number of nitrogens with zero attached hydrogens (tertiary/aromatic N) is 4. The first-order chi connectivity index (χ1) is 13.2. The van der Waals surface area contributed by atoms with Crippen LogP contribution in [0.25, 0.3) is 16.3 Å². The summed E-state index contributed by atoms with van der Waals surface area (Å²) in [5.41, 5.74) is 0.711. The van der Waals surface area contributed by atoms with Crippen LogP contribution in [0.2, 0.25) is 0 Å². The Morgan fingerprint density at radius 1 is 1.30 bits per heavy atom. The molecule has 4 rings (SSSR count). The van der Waals surface area contributed by atoms with Crippen LogP contribution in [0.5, 0.6) is 0 Å². The highest BCUT2D eigenvalue weighted by atomic mass is 32.2. The lowest BCUT2D eigenvalue weighted by atomic mass is 9.95. The van der Waals surface area contributed by atoms with E-state index >= 15 is 0 Å². The molecule has 1 aliphatic carbocycles. The number of amides is 1. The van der Waals surface area contributed by atoms with Crippen LogP contribution < -0.4 is 5.32 Å². The van der Waals surface area contributed by atoms with E-state index in [0.717, 1.165) is 35.0 Å². The number of aromatic nitrogens is 4. The molecule has 6 nitrogen and oxygen atoms in total. The van der Waals surface area contributed by atoms with Crippen molar-refractivity contribution in [1.29, 1.82) is 0 Å². The molecular formula is C19H23N5OS2. The predicted octanol–water partition coefficient (Wildman–Crippen LogP) is 4.17. The third-order valence-electron chi connectivity index (χ3n) is 4.86. The van der Waals surface area contributed by atoms with Gasteiger partial charge in [-0.2, -0.15) is 9.61 Å². The Kier molecular flexibility index (Phi) is 5.73. The number of hydrogen-bond donors (Lipinski definition) is 1. The number of rotatable bonds is 6. The zero-order valence-electron chi connectivity index (χ0n) is 15.3. The summed E-state index contributed by atoms with van der Waals surface area (Å²) < 4.78 is 1.76. The van der Waals surface area contributed by atoms with Gasteiger partial charge in [-0.05, 0) is 42.8 Å². The Hall–Kier alpha value is -1.93. The van der Waals surface area contributed by atoms with Gasteiger partial charge in [0.15, 0.2) is 11.5 Å². The predicted molar refractivity (Wildman–Crippen MR) is 109 cm³/mol. The van der Waals surface area contributed by atoms with Crippen LogP contribution in [0.1, 0.15) is 45.4 Å². The Bertz CT molecular complexity index is 902. The molecule has 0 unspecified atom stereocenters. The number of carbonyl (C=O) groups excluding carboxylic acids is 1. The molecule has 1 atom stereocenters. The van der Waals surface area contributed by atoms with E-state index in [9.17, 15) is 4.79 Å². The van der Waals surface area contributed by atoms with Crippen molar-refractivity contribution >= 4 is 34.7 Å². The van der Waals surface area contributed by atoms with Crippen molar-refractivity contribution in [2.24, 2.45) is 0 Å². The van der Waals surface area contributed by atoms with E-state index in [1.54, 1.807) is 15.9 Å². The van der Waals surface area contributed by atoms with Gasteiger partial charge in [0.05, 0.1) is 10.1 Å². The van der Waals surface area contributed by atoms with E-state index < -0.39 is 0 Å². The second kappa shape index (κ2) is 8.39. The monoisotopic (exact) mass is 401 g/mol. The molecular weight excluding hydrogens is 378 g/mol. The summed E-state index contributed by atoms with van der Waals surface area (Å²) >= 11 is 3.12. The smallest absolute Gasteiger partial charge is 0.233 e. The molecule has 3 aromatic rings. The molecule has 1 fully saturated rings. The van der Waals surface area contributed by atoms with E-state index in [-0.39, 0.29) is 11.2 Å². The van der Waals surface area contributed by atoms with E-state index in [0.29, 0.717) is 11.7 Å². The SMILES string of the molecule is CC[C@@H](Sc1ccc2nnc(-c3cccs3)n2n1)C(=O)NC1CCCCC1. The van der Waals surface area contributed by atoms with Crippen LogP contribution in [0.3, 0.4) is 0 Å². The number of carbonyl (C=O) groups is 1. The van der Waals surface area contributed by atoms with E-state index in [4.69, 9.17) is 0 Å². The maximum Gasteiger partial charge on any atom is 0.233 e. The maximum absolute atomic E-state index is 12.7. The normalized spacial score (nSPS) is 16.5. The van der Waals surface area contributed by atoms with Gasteiger partial charge in [0.25, 0.3) is 0 Å². The van der Waals surface area contributed by atoms with Gasteiger partial charge in [0.2, 0.25) is 5.91 Å². The van der Waals surface area contributed by atoms with E-state index in [2.05, 4.69) is 20.6 Å². The Morgan fingerprint density at radius 2 is 2.15 bits per heavy atom.